The van der Waals surface area contributed by atoms with Crippen molar-refractivity contribution in [1.82, 2.24) is 19.5 Å². The fraction of sp³-hybridized carbons (Fsp3) is 0.375. The Morgan fingerprint density at radius 2 is 1.93 bits per heavy atom. The molecule has 0 aliphatic heterocycles. The second kappa shape index (κ2) is 2.97. The Labute approximate surface area is 84.4 Å². The maximum absolute atomic E-state index is 11.4. The Morgan fingerprint density at radius 3 is 2.53 bits per heavy atom. The number of aromatic nitrogens is 4. The number of rotatable bonds is 1. The molecule has 2 rings (SSSR count). The number of nitrogens with one attached hydrogen (secondary N) is 2. The molecule has 0 bridgehead atoms. The van der Waals surface area contributed by atoms with E-state index in [4.69, 9.17) is 0 Å². The molecule has 0 aliphatic carbocycles. The fourth-order valence-corrected chi connectivity index (χ4v) is 1.30. The lowest BCUT2D eigenvalue weighted by atomic mass is 10.5. The second-order valence-corrected chi connectivity index (χ2v) is 3.47. The summed E-state index contributed by atoms with van der Waals surface area (Å²) in [5.74, 6) is 0.539. The molecule has 7 nitrogen and oxygen atoms in total. The van der Waals surface area contributed by atoms with E-state index in [9.17, 15) is 9.59 Å². The van der Waals surface area contributed by atoms with Gasteiger partial charge in [-0.15, -0.1) is 0 Å². The first-order valence-corrected chi connectivity index (χ1v) is 4.37. The van der Waals surface area contributed by atoms with Gasteiger partial charge in [0.05, 0.1) is 0 Å². The van der Waals surface area contributed by atoms with Gasteiger partial charge in [0.25, 0.3) is 5.56 Å². The van der Waals surface area contributed by atoms with Gasteiger partial charge in [-0.05, 0) is 0 Å². The van der Waals surface area contributed by atoms with Gasteiger partial charge in [-0.3, -0.25) is 14.3 Å². The van der Waals surface area contributed by atoms with Crippen molar-refractivity contribution < 1.29 is 0 Å². The number of H-pyrrole nitrogens is 2. The number of anilines is 1. The highest BCUT2D eigenvalue weighted by Gasteiger charge is 2.10. The lowest BCUT2D eigenvalue weighted by molar-refractivity contribution is 0.832. The number of hydrogen-bond acceptors (Lipinski definition) is 4. The molecule has 2 aromatic rings. The molecule has 0 aliphatic rings. The summed E-state index contributed by atoms with van der Waals surface area (Å²) in [5.41, 5.74) is -0.258. The molecule has 0 saturated heterocycles. The zero-order valence-electron chi connectivity index (χ0n) is 8.66. The average Bonchev–Trinajstić information content (AvgIpc) is 2.59. The zero-order chi connectivity index (χ0) is 11.2. The lowest BCUT2D eigenvalue weighted by Gasteiger charge is -2.05. The van der Waals surface area contributed by atoms with Crippen LogP contribution in [0.2, 0.25) is 0 Å². The summed E-state index contributed by atoms with van der Waals surface area (Å²) in [5, 5.41) is 0. The van der Waals surface area contributed by atoms with E-state index in [1.165, 1.54) is 4.57 Å². The van der Waals surface area contributed by atoms with Gasteiger partial charge in [0.15, 0.2) is 11.2 Å². The summed E-state index contributed by atoms with van der Waals surface area (Å²) in [6, 6.07) is 0. The first-order chi connectivity index (χ1) is 7.00. The third-order valence-corrected chi connectivity index (χ3v) is 2.17. The Hall–Kier alpha value is -2.05. The molecule has 0 spiro atoms. The van der Waals surface area contributed by atoms with Crippen molar-refractivity contribution in [2.75, 3.05) is 19.0 Å². The Kier molecular flexibility index (Phi) is 1.88. The standard InChI is InChI=1S/C8H11N5O2/c1-12(2)7-9-4-5(10-7)13(3)8(15)11-6(4)14/h1-3H3,(H,9,10)(H,11,14,15). The normalized spacial score (nSPS) is 10.9. The largest absolute Gasteiger partial charge is 0.348 e. The molecule has 0 aromatic carbocycles. The van der Waals surface area contributed by atoms with Crippen molar-refractivity contribution in [3.05, 3.63) is 20.8 Å². The van der Waals surface area contributed by atoms with E-state index in [1.54, 1.807) is 26.0 Å². The molecule has 15 heavy (non-hydrogen) atoms. The first kappa shape index (κ1) is 9.50. The van der Waals surface area contributed by atoms with Crippen molar-refractivity contribution in [2.45, 2.75) is 0 Å². The number of aromatic amines is 2. The minimum atomic E-state index is -0.468. The number of hydrogen-bond donors (Lipinski definition) is 2. The van der Waals surface area contributed by atoms with E-state index in [0.717, 1.165) is 0 Å². The number of fused-ring (bicyclic) bond motifs is 1. The SMILES string of the molecule is CN(C)c1nc2c([nH]1)c(=O)[nH]c(=O)n2C. The molecular formula is C8H11N5O2. The van der Waals surface area contributed by atoms with Gasteiger partial charge < -0.3 is 9.88 Å². The van der Waals surface area contributed by atoms with Crippen LogP contribution in [-0.4, -0.2) is 33.6 Å². The molecule has 0 amide bonds. The third kappa shape index (κ3) is 1.32. The Morgan fingerprint density at radius 1 is 1.27 bits per heavy atom. The third-order valence-electron chi connectivity index (χ3n) is 2.17. The van der Waals surface area contributed by atoms with Crippen LogP contribution < -0.4 is 16.1 Å². The van der Waals surface area contributed by atoms with Gasteiger partial charge in [0, 0.05) is 21.1 Å². The maximum atomic E-state index is 11.4. The molecule has 2 heterocycles. The van der Waals surface area contributed by atoms with Gasteiger partial charge in [0.2, 0.25) is 5.95 Å². The molecule has 0 radical (unpaired) electrons. The minimum absolute atomic E-state index is 0.306. The maximum Gasteiger partial charge on any atom is 0.329 e. The molecule has 2 N–H and O–H groups in total. The van der Waals surface area contributed by atoms with Crippen molar-refractivity contribution in [3.8, 4) is 0 Å². The lowest BCUT2D eigenvalue weighted by Crippen LogP contribution is -2.28. The molecule has 0 fully saturated rings. The van der Waals surface area contributed by atoms with Crippen molar-refractivity contribution in [1.29, 1.82) is 0 Å². The predicted octanol–water partition coefficient (Wildman–Crippen LogP) is -0.984. The minimum Gasteiger partial charge on any atom is -0.348 e. The van der Waals surface area contributed by atoms with Crippen LogP contribution in [0.3, 0.4) is 0 Å². The topological polar surface area (TPSA) is 86.8 Å². The van der Waals surface area contributed by atoms with Crippen LogP contribution in [0.5, 0.6) is 0 Å². The van der Waals surface area contributed by atoms with Crippen molar-refractivity contribution >= 4 is 17.1 Å². The number of nitrogens with zero attached hydrogens (tertiary/aromatic N) is 3. The average molecular weight is 209 g/mol. The van der Waals surface area contributed by atoms with E-state index in [1.807, 2.05) is 0 Å². The van der Waals surface area contributed by atoms with Crippen LogP contribution in [-0.2, 0) is 7.05 Å². The fourth-order valence-electron chi connectivity index (χ4n) is 1.30. The van der Waals surface area contributed by atoms with Gasteiger partial charge in [0.1, 0.15) is 0 Å². The quantitative estimate of drug-likeness (QED) is 0.631. The first-order valence-electron chi connectivity index (χ1n) is 4.37. The van der Waals surface area contributed by atoms with Gasteiger partial charge >= 0.3 is 5.69 Å². The summed E-state index contributed by atoms with van der Waals surface area (Å²) >= 11 is 0. The highest BCUT2D eigenvalue weighted by molar-refractivity contribution is 5.72. The van der Waals surface area contributed by atoms with E-state index >= 15 is 0 Å². The van der Waals surface area contributed by atoms with Crippen LogP contribution in [0.25, 0.3) is 11.2 Å². The van der Waals surface area contributed by atoms with E-state index in [-0.39, 0.29) is 0 Å². The van der Waals surface area contributed by atoms with Crippen LogP contribution >= 0.6 is 0 Å². The predicted molar refractivity (Wildman–Crippen MR) is 56.3 cm³/mol. The molecule has 0 saturated carbocycles. The molecule has 2 aromatic heterocycles. The number of imidazole rings is 1. The van der Waals surface area contributed by atoms with Crippen molar-refractivity contribution in [2.24, 2.45) is 7.05 Å². The zero-order valence-corrected chi connectivity index (χ0v) is 8.66. The highest BCUT2D eigenvalue weighted by atomic mass is 16.2. The second-order valence-electron chi connectivity index (χ2n) is 3.47. The summed E-state index contributed by atoms with van der Waals surface area (Å²) < 4.78 is 1.29. The number of aryl methyl sites for hydroxylation is 1. The van der Waals surface area contributed by atoms with Gasteiger partial charge in [-0.25, -0.2) is 4.79 Å². The molecule has 0 unspecified atom stereocenters. The van der Waals surface area contributed by atoms with Gasteiger partial charge in [-0.2, -0.15) is 4.98 Å². The monoisotopic (exact) mass is 209 g/mol. The smallest absolute Gasteiger partial charge is 0.329 e. The van der Waals surface area contributed by atoms with Crippen LogP contribution in [0, 0.1) is 0 Å². The Bertz CT molecular complexity index is 618. The molecule has 80 valence electrons. The summed E-state index contributed by atoms with van der Waals surface area (Å²) in [4.78, 5) is 33.6. The summed E-state index contributed by atoms with van der Waals surface area (Å²) in [6.07, 6.45) is 0. The van der Waals surface area contributed by atoms with E-state index in [0.29, 0.717) is 17.1 Å². The van der Waals surface area contributed by atoms with Crippen LogP contribution in [0.4, 0.5) is 5.95 Å². The van der Waals surface area contributed by atoms with Crippen molar-refractivity contribution in [3.63, 3.8) is 0 Å². The molecule has 0 atom stereocenters. The van der Waals surface area contributed by atoms with Crippen LogP contribution in [0.15, 0.2) is 9.59 Å². The van der Waals surface area contributed by atoms with Crippen LogP contribution in [0.1, 0.15) is 0 Å². The van der Waals surface area contributed by atoms with E-state index in [2.05, 4.69) is 15.0 Å². The molecular weight excluding hydrogens is 198 g/mol. The summed E-state index contributed by atoms with van der Waals surface area (Å²) in [6.45, 7) is 0. The molecule has 7 heteroatoms. The Balaban J connectivity index is 2.92. The highest BCUT2D eigenvalue weighted by Crippen LogP contribution is 2.09. The van der Waals surface area contributed by atoms with Gasteiger partial charge in [-0.1, -0.05) is 0 Å². The summed E-state index contributed by atoms with van der Waals surface area (Å²) in [7, 11) is 5.15. The van der Waals surface area contributed by atoms with E-state index < -0.39 is 11.2 Å².